The van der Waals surface area contributed by atoms with Gasteiger partial charge in [-0.3, -0.25) is 4.79 Å². The van der Waals surface area contributed by atoms with Crippen molar-refractivity contribution in [3.63, 3.8) is 0 Å². The van der Waals surface area contributed by atoms with Gasteiger partial charge in [-0.2, -0.15) is 0 Å². The summed E-state index contributed by atoms with van der Waals surface area (Å²) in [6, 6.07) is 0. The average molecular weight is 182 g/mol. The first-order valence-electron chi connectivity index (χ1n) is 5.33. The van der Waals surface area contributed by atoms with Gasteiger partial charge in [0.25, 0.3) is 0 Å². The lowest BCUT2D eigenvalue weighted by molar-refractivity contribution is -0.121. The molecule has 0 aliphatic carbocycles. The van der Waals surface area contributed by atoms with Crippen molar-refractivity contribution in [2.45, 2.75) is 52.9 Å². The van der Waals surface area contributed by atoms with Crippen LogP contribution < -0.4 is 0 Å². The van der Waals surface area contributed by atoms with E-state index in [0.717, 1.165) is 12.0 Å². The van der Waals surface area contributed by atoms with Crippen molar-refractivity contribution in [1.29, 1.82) is 0 Å². The Morgan fingerprint density at radius 1 is 1.31 bits per heavy atom. The monoisotopic (exact) mass is 182 g/mol. The second-order valence-electron chi connectivity index (χ2n) is 3.66. The fourth-order valence-electron chi connectivity index (χ4n) is 1.35. The van der Waals surface area contributed by atoms with Crippen LogP contribution in [0.5, 0.6) is 0 Å². The van der Waals surface area contributed by atoms with E-state index in [1.54, 1.807) is 0 Å². The van der Waals surface area contributed by atoms with E-state index in [-0.39, 0.29) is 5.92 Å². The molecule has 76 valence electrons. The number of allylic oxidation sites excluding steroid dienone is 1. The maximum Gasteiger partial charge on any atom is 0.139 e. The molecule has 0 saturated heterocycles. The smallest absolute Gasteiger partial charge is 0.139 e. The van der Waals surface area contributed by atoms with Gasteiger partial charge in [0.2, 0.25) is 0 Å². The highest BCUT2D eigenvalue weighted by Gasteiger charge is 2.13. The number of carbonyl (C=O) groups excluding carboxylic acids is 1. The molecular weight excluding hydrogens is 160 g/mol. The molecule has 0 N–H and O–H groups in total. The van der Waals surface area contributed by atoms with Gasteiger partial charge in [0, 0.05) is 12.3 Å². The molecule has 1 atom stereocenters. The van der Waals surface area contributed by atoms with Gasteiger partial charge in [0.05, 0.1) is 0 Å². The molecule has 0 bridgehead atoms. The Hall–Kier alpha value is -0.590. The van der Waals surface area contributed by atoms with Gasteiger partial charge in [-0.25, -0.2) is 0 Å². The lowest BCUT2D eigenvalue weighted by Gasteiger charge is -2.12. The molecule has 0 fully saturated rings. The van der Waals surface area contributed by atoms with Crippen molar-refractivity contribution in [2.24, 2.45) is 5.92 Å². The van der Waals surface area contributed by atoms with Crippen LogP contribution in [0.15, 0.2) is 12.2 Å². The number of ketones is 1. The highest BCUT2D eigenvalue weighted by atomic mass is 16.1. The zero-order chi connectivity index (χ0) is 10.3. The van der Waals surface area contributed by atoms with Gasteiger partial charge >= 0.3 is 0 Å². The molecule has 0 saturated carbocycles. The topological polar surface area (TPSA) is 17.1 Å². The quantitative estimate of drug-likeness (QED) is 0.433. The van der Waals surface area contributed by atoms with Crippen molar-refractivity contribution < 1.29 is 4.79 Å². The predicted octanol–water partition coefficient (Wildman–Crippen LogP) is 3.74. The van der Waals surface area contributed by atoms with E-state index in [1.807, 2.05) is 13.8 Å². The summed E-state index contributed by atoms with van der Waals surface area (Å²) in [7, 11) is 0. The molecule has 0 aromatic rings. The van der Waals surface area contributed by atoms with E-state index in [9.17, 15) is 4.79 Å². The van der Waals surface area contributed by atoms with Crippen LogP contribution in [0.4, 0.5) is 0 Å². The van der Waals surface area contributed by atoms with Crippen LogP contribution in [0.1, 0.15) is 52.9 Å². The maximum absolute atomic E-state index is 11.3. The van der Waals surface area contributed by atoms with E-state index in [0.29, 0.717) is 12.2 Å². The van der Waals surface area contributed by atoms with Crippen molar-refractivity contribution >= 4 is 5.78 Å². The molecule has 1 unspecified atom stereocenters. The molecule has 0 aromatic heterocycles. The number of Topliss-reactive ketones (excluding diaryl/α,β-unsaturated/α-hetero) is 1. The number of carbonyl (C=O) groups is 1. The summed E-state index contributed by atoms with van der Waals surface area (Å²) in [6.07, 6.45) is 5.29. The second kappa shape index (κ2) is 6.88. The van der Waals surface area contributed by atoms with Gasteiger partial charge in [0.15, 0.2) is 0 Å². The first kappa shape index (κ1) is 12.4. The van der Waals surface area contributed by atoms with Crippen LogP contribution in [0.25, 0.3) is 0 Å². The highest BCUT2D eigenvalue weighted by molar-refractivity contribution is 5.82. The lowest BCUT2D eigenvalue weighted by Crippen LogP contribution is -2.11. The molecule has 1 nitrogen and oxygen atoms in total. The summed E-state index contributed by atoms with van der Waals surface area (Å²) in [5, 5.41) is 0. The molecule has 13 heavy (non-hydrogen) atoms. The van der Waals surface area contributed by atoms with E-state index in [2.05, 4.69) is 13.5 Å². The summed E-state index contributed by atoms with van der Waals surface area (Å²) in [5.41, 5.74) is 1.11. The first-order valence-corrected chi connectivity index (χ1v) is 5.33. The number of hydrogen-bond acceptors (Lipinski definition) is 1. The van der Waals surface area contributed by atoms with E-state index in [4.69, 9.17) is 0 Å². The highest BCUT2D eigenvalue weighted by Crippen LogP contribution is 2.17. The molecule has 0 aromatic carbocycles. The molecule has 0 spiro atoms. The molecule has 0 amide bonds. The van der Waals surface area contributed by atoms with Crippen molar-refractivity contribution in [3.8, 4) is 0 Å². The fourth-order valence-corrected chi connectivity index (χ4v) is 1.35. The summed E-state index contributed by atoms with van der Waals surface area (Å²) in [4.78, 5) is 11.3. The number of unbranched alkanes of at least 4 members (excludes halogenated alkanes) is 2. The predicted molar refractivity (Wildman–Crippen MR) is 57.7 cm³/mol. The standard InChI is InChI=1S/C12H22O/c1-5-7-8-9-10(3)11(4)12(13)6-2/h11H,3,5-9H2,1-2,4H3. The Morgan fingerprint density at radius 2 is 1.92 bits per heavy atom. The second-order valence-corrected chi connectivity index (χ2v) is 3.66. The van der Waals surface area contributed by atoms with Crippen LogP contribution in [-0.4, -0.2) is 5.78 Å². The van der Waals surface area contributed by atoms with Gasteiger partial charge in [-0.1, -0.05) is 45.8 Å². The van der Waals surface area contributed by atoms with Crippen LogP contribution in [0.2, 0.25) is 0 Å². The molecule has 0 aliphatic rings. The van der Waals surface area contributed by atoms with Gasteiger partial charge < -0.3 is 0 Å². The Bertz CT molecular complexity index is 170. The molecule has 1 heteroatoms. The lowest BCUT2D eigenvalue weighted by atomic mass is 9.92. The van der Waals surface area contributed by atoms with Gasteiger partial charge in [0.1, 0.15) is 5.78 Å². The largest absolute Gasteiger partial charge is 0.299 e. The van der Waals surface area contributed by atoms with Crippen molar-refractivity contribution in [3.05, 3.63) is 12.2 Å². The van der Waals surface area contributed by atoms with E-state index >= 15 is 0 Å². The summed E-state index contributed by atoms with van der Waals surface area (Å²) in [6.45, 7) is 10.0. The summed E-state index contributed by atoms with van der Waals surface area (Å²) >= 11 is 0. The molecule has 0 rings (SSSR count). The SMILES string of the molecule is C=C(CCCCC)C(C)C(=O)CC. The normalized spacial score (nSPS) is 12.5. The Labute approximate surface area is 82.2 Å². The zero-order valence-corrected chi connectivity index (χ0v) is 9.23. The van der Waals surface area contributed by atoms with Crippen molar-refractivity contribution in [2.75, 3.05) is 0 Å². The zero-order valence-electron chi connectivity index (χ0n) is 9.23. The third-order valence-corrected chi connectivity index (χ3v) is 2.55. The summed E-state index contributed by atoms with van der Waals surface area (Å²) in [5.74, 6) is 0.392. The van der Waals surface area contributed by atoms with Crippen LogP contribution >= 0.6 is 0 Å². The third-order valence-electron chi connectivity index (χ3n) is 2.55. The summed E-state index contributed by atoms with van der Waals surface area (Å²) < 4.78 is 0. The molecule has 0 aliphatic heterocycles. The van der Waals surface area contributed by atoms with E-state index < -0.39 is 0 Å². The number of hydrogen-bond donors (Lipinski definition) is 0. The van der Waals surface area contributed by atoms with Crippen LogP contribution in [-0.2, 0) is 4.79 Å². The third kappa shape index (κ3) is 4.87. The maximum atomic E-state index is 11.3. The molecule has 0 heterocycles. The Balaban J connectivity index is 3.76. The minimum Gasteiger partial charge on any atom is -0.299 e. The van der Waals surface area contributed by atoms with Gasteiger partial charge in [-0.05, 0) is 12.8 Å². The van der Waals surface area contributed by atoms with Crippen LogP contribution in [0.3, 0.4) is 0 Å². The average Bonchev–Trinajstić information content (AvgIpc) is 2.15. The number of rotatable bonds is 7. The molecular formula is C12H22O. The minimum absolute atomic E-state index is 0.0712. The molecule has 0 radical (unpaired) electrons. The fraction of sp³-hybridized carbons (Fsp3) is 0.750. The Morgan fingerprint density at radius 3 is 2.38 bits per heavy atom. The Kier molecular flexibility index (Phi) is 6.56. The first-order chi connectivity index (χ1) is 6.13. The van der Waals surface area contributed by atoms with Gasteiger partial charge in [-0.15, -0.1) is 0 Å². The van der Waals surface area contributed by atoms with Crippen molar-refractivity contribution in [1.82, 2.24) is 0 Å². The van der Waals surface area contributed by atoms with E-state index in [1.165, 1.54) is 19.3 Å². The van der Waals surface area contributed by atoms with Crippen LogP contribution in [0, 0.1) is 5.92 Å². The minimum atomic E-state index is 0.0712.